The minimum atomic E-state index is -2.99. The van der Waals surface area contributed by atoms with E-state index in [1.807, 2.05) is 41.5 Å². The summed E-state index contributed by atoms with van der Waals surface area (Å²) in [7, 11) is -5.97. The molecule has 0 aliphatic rings. The molecule has 0 unspecified atom stereocenters. The van der Waals surface area contributed by atoms with Crippen molar-refractivity contribution < 1.29 is 60.7 Å². The molecule has 0 atom stereocenters. The number of benzene rings is 2. The van der Waals surface area contributed by atoms with Crippen LogP contribution in [-0.2, 0) is 26.6 Å². The van der Waals surface area contributed by atoms with Crippen LogP contribution in [-0.4, -0.2) is 110 Å². The number of hydrogen-bond acceptors (Lipinski definition) is 11. The summed E-state index contributed by atoms with van der Waals surface area (Å²) >= 11 is 0. The van der Waals surface area contributed by atoms with Gasteiger partial charge in [0.1, 0.15) is 0 Å². The molecule has 0 heterocycles. The third-order valence-corrected chi connectivity index (χ3v) is 13.9. The van der Waals surface area contributed by atoms with Crippen LogP contribution in [0.25, 0.3) is 0 Å². The minimum absolute atomic E-state index is 0.132. The highest BCUT2D eigenvalue weighted by atomic mass is 28.4. The Kier molecular flexibility index (Phi) is 19.0. The Morgan fingerprint density at radius 1 is 0.519 bits per heavy atom. The van der Waals surface area contributed by atoms with Crippen LogP contribution in [0.15, 0.2) is 36.4 Å². The normalized spacial score (nSPS) is 11.7. The van der Waals surface area contributed by atoms with Gasteiger partial charge in [-0.1, -0.05) is 0 Å². The minimum Gasteiger partial charge on any atom is -0.478 e. The van der Waals surface area contributed by atoms with Crippen molar-refractivity contribution in [3.05, 3.63) is 69.8 Å². The van der Waals surface area contributed by atoms with Crippen molar-refractivity contribution in [2.24, 2.45) is 0 Å². The highest BCUT2D eigenvalue weighted by Crippen LogP contribution is 2.23. The molecule has 0 saturated carbocycles. The monoisotopic (exact) mass is 764 g/mol. The average molecular weight is 765 g/mol. The zero-order chi connectivity index (χ0) is 38.7. The van der Waals surface area contributed by atoms with E-state index >= 15 is 0 Å². The lowest BCUT2D eigenvalue weighted by molar-refractivity contribution is 0.0685. The summed E-state index contributed by atoms with van der Waals surface area (Å²) < 4.78 is 35.2. The molecule has 0 saturated heterocycles. The smallest absolute Gasteiger partial charge is 0.478 e. The Balaban J connectivity index is 2.38. The fraction of sp³-hybridized carbons (Fsp3) is 0.514. The molecule has 17 heteroatoms. The molecule has 2 rings (SSSR count). The number of nitrogens with one attached hydrogen (secondary N) is 2. The van der Waals surface area contributed by atoms with Gasteiger partial charge in [0.25, 0.3) is 11.8 Å². The molecule has 288 valence electrons. The van der Waals surface area contributed by atoms with Gasteiger partial charge in [-0.05, 0) is 90.8 Å². The fourth-order valence-electron chi connectivity index (χ4n) is 5.48. The SMILES string of the molecule is CCO[Si](CCCNC(=O)c1cc(C(=O)O)ccc1C(=O)c1ccc(C(=O)O)cc1C(=O)NCCC[Si](OCC)(OCC)OCC)(OCC)OCC. The third kappa shape index (κ3) is 12.7. The Morgan fingerprint density at radius 2 is 0.827 bits per heavy atom. The second kappa shape index (κ2) is 22.3. The van der Waals surface area contributed by atoms with E-state index in [-0.39, 0.29) is 46.5 Å². The molecule has 0 aromatic heterocycles. The summed E-state index contributed by atoms with van der Waals surface area (Å²) in [6.45, 7) is 13.6. The van der Waals surface area contributed by atoms with Gasteiger partial charge in [0.2, 0.25) is 0 Å². The largest absolute Gasteiger partial charge is 0.500 e. The molecule has 0 aliphatic carbocycles. The fourth-order valence-corrected chi connectivity index (χ4v) is 10.7. The van der Waals surface area contributed by atoms with E-state index in [4.69, 9.17) is 26.6 Å². The number of carbonyl (C=O) groups excluding carboxylic acids is 3. The summed E-state index contributed by atoms with van der Waals surface area (Å²) in [4.78, 5) is 64.8. The second-order valence-corrected chi connectivity index (χ2v) is 16.6. The van der Waals surface area contributed by atoms with Crippen LogP contribution in [0.2, 0.25) is 12.1 Å². The first-order valence-corrected chi connectivity index (χ1v) is 21.4. The number of carbonyl (C=O) groups is 5. The van der Waals surface area contributed by atoms with Crippen LogP contribution in [0, 0.1) is 0 Å². The lowest BCUT2D eigenvalue weighted by Gasteiger charge is -2.28. The summed E-state index contributed by atoms with van der Waals surface area (Å²) in [6, 6.07) is 7.73. The van der Waals surface area contributed by atoms with Crippen molar-refractivity contribution in [2.45, 2.75) is 66.5 Å². The first kappa shape index (κ1) is 44.3. The molecule has 4 N–H and O–H groups in total. The Bertz CT molecular complexity index is 1380. The van der Waals surface area contributed by atoms with Gasteiger partial charge in [0.15, 0.2) is 5.78 Å². The van der Waals surface area contributed by atoms with Gasteiger partial charge in [-0.15, -0.1) is 0 Å². The number of hydrogen-bond donors (Lipinski definition) is 4. The first-order valence-electron chi connectivity index (χ1n) is 17.6. The molecule has 2 aromatic carbocycles. The number of carboxylic acid groups (broad SMARTS) is 2. The van der Waals surface area contributed by atoms with Crippen LogP contribution in [0.4, 0.5) is 0 Å². The standard InChI is InChI=1S/C35H52N2O13Si2/c1-7-45-51(46-8-2,47-9-3)21-13-19-36-32(39)29-23-25(34(41)42)15-17-27(29)31(38)28-18-16-26(35(43)44)24-30(28)33(40)37-20-14-22-52(48-10-4,49-11-5)50-12-6/h15-18,23-24H,7-14,19-22H2,1-6H3,(H,36,39)(H,37,40)(H,41,42)(H,43,44). The van der Waals surface area contributed by atoms with Crippen molar-refractivity contribution in [1.82, 2.24) is 10.6 Å². The number of aromatic carboxylic acids is 2. The van der Waals surface area contributed by atoms with Gasteiger partial charge < -0.3 is 47.4 Å². The van der Waals surface area contributed by atoms with Crippen LogP contribution < -0.4 is 10.6 Å². The van der Waals surface area contributed by atoms with Crippen molar-refractivity contribution in [3.8, 4) is 0 Å². The predicted molar refractivity (Wildman–Crippen MR) is 195 cm³/mol. The Hall–Kier alpha value is -3.82. The molecular formula is C35H52N2O13Si2. The maximum atomic E-state index is 14.1. The van der Waals surface area contributed by atoms with Gasteiger partial charge >= 0.3 is 29.5 Å². The van der Waals surface area contributed by atoms with Crippen molar-refractivity contribution in [1.29, 1.82) is 0 Å². The lowest BCUT2D eigenvalue weighted by Crippen LogP contribution is -2.46. The van der Waals surface area contributed by atoms with Gasteiger partial charge in [-0.25, -0.2) is 9.59 Å². The van der Waals surface area contributed by atoms with Crippen LogP contribution in [0.5, 0.6) is 0 Å². The molecule has 2 amide bonds. The summed E-state index contributed by atoms with van der Waals surface area (Å²) in [6.07, 6.45) is 0.814. The van der Waals surface area contributed by atoms with Crippen molar-refractivity contribution in [2.75, 3.05) is 52.7 Å². The Morgan fingerprint density at radius 3 is 1.10 bits per heavy atom. The van der Waals surface area contributed by atoms with Gasteiger partial charge in [0, 0.05) is 75.9 Å². The second-order valence-electron chi connectivity index (χ2n) is 11.1. The summed E-state index contributed by atoms with van der Waals surface area (Å²) in [5.41, 5.74) is -1.29. The maximum Gasteiger partial charge on any atom is 0.500 e. The van der Waals surface area contributed by atoms with E-state index in [1.54, 1.807) is 0 Å². The van der Waals surface area contributed by atoms with Crippen molar-refractivity contribution in [3.63, 3.8) is 0 Å². The quantitative estimate of drug-likeness (QED) is 0.0586. The predicted octanol–water partition coefficient (Wildman–Crippen LogP) is 4.65. The van der Waals surface area contributed by atoms with E-state index in [2.05, 4.69) is 10.6 Å². The van der Waals surface area contributed by atoms with Gasteiger partial charge in [-0.2, -0.15) is 0 Å². The lowest BCUT2D eigenvalue weighted by atomic mass is 9.92. The van der Waals surface area contributed by atoms with E-state index < -0.39 is 47.1 Å². The molecule has 2 aromatic rings. The highest BCUT2D eigenvalue weighted by Gasteiger charge is 2.40. The average Bonchev–Trinajstić information content (AvgIpc) is 3.11. The highest BCUT2D eigenvalue weighted by molar-refractivity contribution is 6.61. The van der Waals surface area contributed by atoms with Gasteiger partial charge in [-0.3, -0.25) is 14.4 Å². The topological polar surface area (TPSA) is 205 Å². The van der Waals surface area contributed by atoms with Gasteiger partial charge in [0.05, 0.1) is 22.3 Å². The van der Waals surface area contributed by atoms with Crippen LogP contribution >= 0.6 is 0 Å². The molecule has 0 radical (unpaired) electrons. The molecule has 0 spiro atoms. The summed E-state index contributed by atoms with van der Waals surface area (Å²) in [5, 5.41) is 24.8. The van der Waals surface area contributed by atoms with E-state index in [0.29, 0.717) is 64.6 Å². The molecule has 52 heavy (non-hydrogen) atoms. The molecule has 15 nitrogen and oxygen atoms in total. The number of amides is 2. The molecule has 0 aliphatic heterocycles. The molecule has 0 fully saturated rings. The van der Waals surface area contributed by atoms with E-state index in [1.165, 1.54) is 24.3 Å². The molecular weight excluding hydrogens is 713 g/mol. The zero-order valence-corrected chi connectivity index (χ0v) is 32.8. The first-order chi connectivity index (χ1) is 24.9. The zero-order valence-electron chi connectivity index (χ0n) is 30.8. The number of carboxylic acids is 2. The molecule has 0 bridgehead atoms. The van der Waals surface area contributed by atoms with Crippen LogP contribution in [0.3, 0.4) is 0 Å². The van der Waals surface area contributed by atoms with E-state index in [9.17, 15) is 34.2 Å². The number of ketones is 1. The van der Waals surface area contributed by atoms with Crippen molar-refractivity contribution >= 4 is 47.1 Å². The number of rotatable bonds is 26. The Labute approximate surface area is 307 Å². The third-order valence-electron chi connectivity index (χ3n) is 7.59. The maximum absolute atomic E-state index is 14.1. The van der Waals surface area contributed by atoms with E-state index in [0.717, 1.165) is 12.1 Å². The summed E-state index contributed by atoms with van der Waals surface area (Å²) in [5.74, 6) is -4.85. The van der Waals surface area contributed by atoms with Crippen LogP contribution in [0.1, 0.15) is 112 Å².